The molecule has 7 heteroatoms. The fourth-order valence-corrected chi connectivity index (χ4v) is 7.71. The molecule has 7 aromatic carbocycles. The summed E-state index contributed by atoms with van der Waals surface area (Å²) >= 11 is 1.68. The molecule has 10 aromatic rings. The molecule has 6 nitrogen and oxygen atoms in total. The van der Waals surface area contributed by atoms with E-state index in [9.17, 15) is 0 Å². The Hall–Kier alpha value is -7.22. The molecule has 0 aliphatic rings. The first kappa shape index (κ1) is 33.4. The number of nitrogens with zero attached hydrogens (tertiary/aromatic N) is 5. The van der Waals surface area contributed by atoms with Gasteiger partial charge in [0.15, 0.2) is 28.9 Å². The molecule has 0 saturated heterocycles. The van der Waals surface area contributed by atoms with Gasteiger partial charge in [-0.15, -0.1) is 0 Å². The van der Waals surface area contributed by atoms with Crippen LogP contribution >= 0.6 is 11.8 Å². The number of para-hydroxylation sites is 1. The van der Waals surface area contributed by atoms with E-state index in [0.29, 0.717) is 28.9 Å². The average molecular weight is 738 g/mol. The van der Waals surface area contributed by atoms with Gasteiger partial charge in [-0.3, -0.25) is 0 Å². The van der Waals surface area contributed by atoms with Crippen molar-refractivity contribution >= 4 is 33.8 Å². The van der Waals surface area contributed by atoms with E-state index in [1.807, 2.05) is 78.9 Å². The second-order valence-corrected chi connectivity index (χ2v) is 14.5. The first-order valence-electron chi connectivity index (χ1n) is 18.3. The average Bonchev–Trinajstić information content (AvgIpc) is 3.66. The summed E-state index contributed by atoms with van der Waals surface area (Å²) in [5, 5.41) is 0.970. The van der Waals surface area contributed by atoms with Gasteiger partial charge in [0.05, 0.1) is 0 Å². The lowest BCUT2D eigenvalue weighted by Gasteiger charge is -2.10. The number of benzene rings is 7. The van der Waals surface area contributed by atoms with Gasteiger partial charge in [-0.1, -0.05) is 157 Å². The Morgan fingerprint density at radius 3 is 1.57 bits per heavy atom. The zero-order valence-corrected chi connectivity index (χ0v) is 30.8. The highest BCUT2D eigenvalue weighted by atomic mass is 32.2. The molecule has 0 fully saturated rings. The minimum Gasteiger partial charge on any atom is -0.452 e. The van der Waals surface area contributed by atoms with Gasteiger partial charge in [0.2, 0.25) is 0 Å². The van der Waals surface area contributed by atoms with Crippen LogP contribution in [0.1, 0.15) is 0 Å². The molecular formula is C49H31N5OS. The van der Waals surface area contributed by atoms with E-state index < -0.39 is 0 Å². The summed E-state index contributed by atoms with van der Waals surface area (Å²) in [5.41, 5.74) is 9.99. The van der Waals surface area contributed by atoms with Crippen LogP contribution in [0.3, 0.4) is 0 Å². The molecule has 0 N–H and O–H groups in total. The van der Waals surface area contributed by atoms with E-state index in [0.717, 1.165) is 70.9 Å². The standard InChI is InChI=1S/C49H31N5OS/c1-4-14-32(15-5-1)36-20-12-21-37(30-36)48-52-47(34-18-8-3-9-19-34)53-49(54-48)38-22-13-23-40(31-38)56-39-28-26-35(27-29-39)46-50-43(33-16-6-2-7-17-33)45-44(51-46)41-24-10-11-25-42(41)55-45/h1-31H. The van der Waals surface area contributed by atoms with Gasteiger partial charge in [-0.25, -0.2) is 24.9 Å². The van der Waals surface area contributed by atoms with Gasteiger partial charge in [0.25, 0.3) is 0 Å². The fourth-order valence-electron chi connectivity index (χ4n) is 6.84. The van der Waals surface area contributed by atoms with E-state index in [4.69, 9.17) is 29.3 Å². The molecule has 0 radical (unpaired) electrons. The zero-order chi connectivity index (χ0) is 37.3. The lowest BCUT2D eigenvalue weighted by molar-refractivity contribution is 0.667. The van der Waals surface area contributed by atoms with Gasteiger partial charge in [0, 0.05) is 43.0 Å². The third kappa shape index (κ3) is 6.61. The summed E-state index contributed by atoms with van der Waals surface area (Å²) in [6.07, 6.45) is 0. The zero-order valence-electron chi connectivity index (χ0n) is 30.0. The van der Waals surface area contributed by atoms with E-state index >= 15 is 0 Å². The van der Waals surface area contributed by atoms with Crippen molar-refractivity contribution < 1.29 is 4.42 Å². The second-order valence-electron chi connectivity index (χ2n) is 13.3. The van der Waals surface area contributed by atoms with Crippen molar-refractivity contribution in [2.24, 2.45) is 0 Å². The van der Waals surface area contributed by atoms with Crippen molar-refractivity contribution in [2.45, 2.75) is 9.79 Å². The highest BCUT2D eigenvalue weighted by Gasteiger charge is 2.18. The number of hydrogen-bond acceptors (Lipinski definition) is 7. The molecule has 264 valence electrons. The molecule has 0 aliphatic heterocycles. The number of rotatable bonds is 8. The minimum atomic E-state index is 0.616. The van der Waals surface area contributed by atoms with Gasteiger partial charge < -0.3 is 4.42 Å². The predicted octanol–water partition coefficient (Wildman–Crippen LogP) is 12.7. The van der Waals surface area contributed by atoms with Crippen LogP contribution in [-0.4, -0.2) is 24.9 Å². The smallest absolute Gasteiger partial charge is 0.180 e. The van der Waals surface area contributed by atoms with Crippen molar-refractivity contribution in [3.63, 3.8) is 0 Å². The van der Waals surface area contributed by atoms with Crippen molar-refractivity contribution in [1.29, 1.82) is 0 Å². The molecule has 10 rings (SSSR count). The molecule has 56 heavy (non-hydrogen) atoms. The lowest BCUT2D eigenvalue weighted by atomic mass is 10.0. The van der Waals surface area contributed by atoms with Gasteiger partial charge in [-0.05, 0) is 53.6 Å². The highest BCUT2D eigenvalue weighted by Crippen LogP contribution is 2.37. The van der Waals surface area contributed by atoms with E-state index in [-0.39, 0.29) is 0 Å². The maximum atomic E-state index is 6.29. The van der Waals surface area contributed by atoms with E-state index in [1.165, 1.54) is 0 Å². The number of aromatic nitrogens is 5. The van der Waals surface area contributed by atoms with Crippen molar-refractivity contribution in [3.8, 4) is 67.9 Å². The first-order chi connectivity index (χ1) is 27.7. The summed E-state index contributed by atoms with van der Waals surface area (Å²) in [5.74, 6) is 2.52. The third-order valence-electron chi connectivity index (χ3n) is 9.60. The molecule has 0 bridgehead atoms. The number of hydrogen-bond donors (Lipinski definition) is 0. The summed E-state index contributed by atoms with van der Waals surface area (Å²) in [7, 11) is 0. The Morgan fingerprint density at radius 2 is 0.857 bits per heavy atom. The molecule has 0 spiro atoms. The van der Waals surface area contributed by atoms with Crippen molar-refractivity contribution in [2.75, 3.05) is 0 Å². The normalized spacial score (nSPS) is 11.3. The van der Waals surface area contributed by atoms with Crippen LogP contribution < -0.4 is 0 Å². The second kappa shape index (κ2) is 14.5. The Kier molecular flexibility index (Phi) is 8.67. The van der Waals surface area contributed by atoms with Gasteiger partial charge >= 0.3 is 0 Å². The molecule has 0 amide bonds. The van der Waals surface area contributed by atoms with Crippen LogP contribution in [0, 0.1) is 0 Å². The van der Waals surface area contributed by atoms with Crippen LogP contribution in [0.15, 0.2) is 202 Å². The first-order valence-corrected chi connectivity index (χ1v) is 19.1. The Morgan fingerprint density at radius 1 is 0.339 bits per heavy atom. The molecular weight excluding hydrogens is 707 g/mol. The minimum absolute atomic E-state index is 0.616. The van der Waals surface area contributed by atoms with E-state index in [2.05, 4.69) is 109 Å². The van der Waals surface area contributed by atoms with Crippen LogP contribution in [0.5, 0.6) is 0 Å². The third-order valence-corrected chi connectivity index (χ3v) is 10.6. The fraction of sp³-hybridized carbons (Fsp3) is 0. The monoisotopic (exact) mass is 737 g/mol. The topological polar surface area (TPSA) is 77.6 Å². The maximum absolute atomic E-state index is 6.29. The maximum Gasteiger partial charge on any atom is 0.180 e. The van der Waals surface area contributed by atoms with Crippen molar-refractivity contribution in [1.82, 2.24) is 24.9 Å². The quantitative estimate of drug-likeness (QED) is 0.154. The molecule has 0 unspecified atom stereocenters. The SMILES string of the molecule is c1ccc(-c2cccc(-c3nc(-c4ccccc4)nc(-c4cccc(Sc5ccc(-c6nc(-c7ccccc7)c7oc8ccccc8c7n6)cc5)c4)n3)c2)cc1. The van der Waals surface area contributed by atoms with Gasteiger partial charge in [-0.2, -0.15) is 0 Å². The molecule has 3 aromatic heterocycles. The van der Waals surface area contributed by atoms with Crippen LogP contribution in [-0.2, 0) is 0 Å². The number of furan rings is 1. The Labute approximate surface area is 327 Å². The molecule has 0 saturated carbocycles. The molecule has 0 aliphatic carbocycles. The van der Waals surface area contributed by atoms with E-state index in [1.54, 1.807) is 11.8 Å². The van der Waals surface area contributed by atoms with Gasteiger partial charge in [0.1, 0.15) is 16.8 Å². The van der Waals surface area contributed by atoms with Crippen molar-refractivity contribution in [3.05, 3.63) is 188 Å². The van der Waals surface area contributed by atoms with Crippen LogP contribution in [0.2, 0.25) is 0 Å². The molecule has 3 heterocycles. The number of fused-ring (bicyclic) bond motifs is 3. The lowest BCUT2D eigenvalue weighted by Crippen LogP contribution is -2.00. The van der Waals surface area contributed by atoms with Crippen LogP contribution in [0.25, 0.3) is 90.0 Å². The molecule has 0 atom stereocenters. The summed E-state index contributed by atoms with van der Waals surface area (Å²) in [6.45, 7) is 0. The Balaban J connectivity index is 0.977. The summed E-state index contributed by atoms with van der Waals surface area (Å²) in [6, 6.07) is 63.7. The largest absolute Gasteiger partial charge is 0.452 e. The predicted molar refractivity (Wildman–Crippen MR) is 226 cm³/mol. The highest BCUT2D eigenvalue weighted by molar-refractivity contribution is 7.99. The van der Waals surface area contributed by atoms with Crippen LogP contribution in [0.4, 0.5) is 0 Å². The summed E-state index contributed by atoms with van der Waals surface area (Å²) in [4.78, 5) is 27.2. The summed E-state index contributed by atoms with van der Waals surface area (Å²) < 4.78 is 6.29. The Bertz CT molecular complexity index is 2990.